The highest BCUT2D eigenvalue weighted by Crippen LogP contribution is 2.25. The molecule has 3 N–H and O–H groups in total. The van der Waals surface area contributed by atoms with E-state index in [2.05, 4.69) is 26.3 Å². The summed E-state index contributed by atoms with van der Waals surface area (Å²) in [6, 6.07) is 6.06. The Kier molecular flexibility index (Phi) is 3.91. The van der Waals surface area contributed by atoms with Crippen molar-refractivity contribution in [1.82, 2.24) is 9.97 Å². The van der Waals surface area contributed by atoms with Crippen LogP contribution in [-0.2, 0) is 0 Å². The van der Waals surface area contributed by atoms with Gasteiger partial charge in [0, 0.05) is 36.9 Å². The third kappa shape index (κ3) is 2.86. The highest BCUT2D eigenvalue weighted by molar-refractivity contribution is 6.06. The molecule has 1 aromatic carbocycles. The summed E-state index contributed by atoms with van der Waals surface area (Å²) < 4.78 is 0. The monoisotopic (exact) mass is 297 g/mol. The van der Waals surface area contributed by atoms with Crippen molar-refractivity contribution in [3.8, 4) is 0 Å². The van der Waals surface area contributed by atoms with E-state index in [9.17, 15) is 4.79 Å². The van der Waals surface area contributed by atoms with Crippen LogP contribution in [-0.4, -0.2) is 29.0 Å². The summed E-state index contributed by atoms with van der Waals surface area (Å²) >= 11 is 0. The van der Waals surface area contributed by atoms with Gasteiger partial charge in [-0.25, -0.2) is 9.97 Å². The molecule has 1 saturated heterocycles. The molecule has 0 bridgehead atoms. The van der Waals surface area contributed by atoms with Gasteiger partial charge in [0.2, 0.25) is 0 Å². The number of hydrogen-bond donors (Lipinski definition) is 2. The van der Waals surface area contributed by atoms with Crippen LogP contribution in [0.2, 0.25) is 0 Å². The number of nitrogens with one attached hydrogen (secondary N) is 1. The largest absolute Gasteiger partial charge is 0.382 e. The second kappa shape index (κ2) is 6.01. The average molecular weight is 297 g/mol. The Morgan fingerprint density at radius 2 is 1.95 bits per heavy atom. The predicted octanol–water partition coefficient (Wildman–Crippen LogP) is 2.22. The lowest BCUT2D eigenvalue weighted by molar-refractivity contribution is 0.102. The zero-order valence-corrected chi connectivity index (χ0v) is 12.5. The minimum atomic E-state index is -0.345. The van der Waals surface area contributed by atoms with E-state index in [-0.39, 0.29) is 17.4 Å². The number of nitrogens with two attached hydrogens (primary N) is 1. The van der Waals surface area contributed by atoms with Gasteiger partial charge < -0.3 is 16.0 Å². The first kappa shape index (κ1) is 14.3. The summed E-state index contributed by atoms with van der Waals surface area (Å²) in [4.78, 5) is 22.4. The van der Waals surface area contributed by atoms with Crippen molar-refractivity contribution in [1.29, 1.82) is 0 Å². The van der Waals surface area contributed by atoms with Gasteiger partial charge in [-0.05, 0) is 43.5 Å². The molecule has 1 aliphatic heterocycles. The number of benzene rings is 1. The van der Waals surface area contributed by atoms with Crippen molar-refractivity contribution in [2.24, 2.45) is 0 Å². The molecule has 6 heteroatoms. The number of amides is 1. The lowest BCUT2D eigenvalue weighted by atomic mass is 10.1. The van der Waals surface area contributed by atoms with E-state index in [1.165, 1.54) is 30.9 Å². The molecule has 3 rings (SSSR count). The Hall–Kier alpha value is -2.63. The number of anilines is 3. The smallest absolute Gasteiger partial charge is 0.278 e. The van der Waals surface area contributed by atoms with Gasteiger partial charge in [0.15, 0.2) is 11.5 Å². The number of aromatic nitrogens is 2. The maximum atomic E-state index is 12.2. The first-order valence-electron chi connectivity index (χ1n) is 7.38. The molecule has 0 aliphatic carbocycles. The fourth-order valence-electron chi connectivity index (χ4n) is 2.67. The molecule has 6 nitrogen and oxygen atoms in total. The van der Waals surface area contributed by atoms with Crippen LogP contribution in [0.4, 0.5) is 17.2 Å². The fraction of sp³-hybridized carbons (Fsp3) is 0.312. The van der Waals surface area contributed by atoms with Gasteiger partial charge in [-0.15, -0.1) is 0 Å². The van der Waals surface area contributed by atoms with E-state index >= 15 is 0 Å². The van der Waals surface area contributed by atoms with Crippen LogP contribution in [0.25, 0.3) is 0 Å². The number of carbonyl (C=O) groups is 1. The molecular formula is C16H19N5O. The Morgan fingerprint density at radius 3 is 2.64 bits per heavy atom. The summed E-state index contributed by atoms with van der Waals surface area (Å²) in [6.45, 7) is 4.18. The first-order chi connectivity index (χ1) is 10.6. The van der Waals surface area contributed by atoms with E-state index in [0.29, 0.717) is 0 Å². The molecule has 114 valence electrons. The van der Waals surface area contributed by atoms with E-state index < -0.39 is 0 Å². The third-order valence-corrected chi connectivity index (χ3v) is 3.87. The van der Waals surface area contributed by atoms with Crippen LogP contribution in [0, 0.1) is 6.92 Å². The molecule has 1 aromatic heterocycles. The topological polar surface area (TPSA) is 84.1 Å². The minimum absolute atomic E-state index is 0.131. The highest BCUT2D eigenvalue weighted by atomic mass is 16.1. The Bertz CT molecular complexity index is 695. The standard InChI is InChI=1S/C16H19N5O/c1-11-10-12(21-8-2-3-9-21)4-5-13(11)20-16(22)14-15(17)19-7-6-18-14/h4-7,10H,2-3,8-9H2,1H3,(H2,17,19)(H,20,22). The number of aryl methyl sites for hydroxylation is 1. The molecule has 0 spiro atoms. The quantitative estimate of drug-likeness (QED) is 0.907. The summed E-state index contributed by atoms with van der Waals surface area (Å²) in [5.74, 6) is -0.214. The lowest BCUT2D eigenvalue weighted by Crippen LogP contribution is -2.19. The van der Waals surface area contributed by atoms with E-state index in [1.807, 2.05) is 19.1 Å². The van der Waals surface area contributed by atoms with Gasteiger partial charge in [0.05, 0.1) is 0 Å². The highest BCUT2D eigenvalue weighted by Gasteiger charge is 2.15. The van der Waals surface area contributed by atoms with Crippen molar-refractivity contribution in [3.63, 3.8) is 0 Å². The lowest BCUT2D eigenvalue weighted by Gasteiger charge is -2.19. The van der Waals surface area contributed by atoms with Gasteiger partial charge >= 0.3 is 0 Å². The molecule has 2 heterocycles. The normalized spacial score (nSPS) is 14.1. The van der Waals surface area contributed by atoms with Crippen molar-refractivity contribution in [2.75, 3.05) is 29.0 Å². The summed E-state index contributed by atoms with van der Waals surface area (Å²) in [5.41, 5.74) is 8.80. The molecule has 1 amide bonds. The van der Waals surface area contributed by atoms with E-state index in [0.717, 1.165) is 24.3 Å². The van der Waals surface area contributed by atoms with Gasteiger partial charge in [-0.3, -0.25) is 4.79 Å². The maximum Gasteiger partial charge on any atom is 0.278 e. The van der Waals surface area contributed by atoms with Crippen molar-refractivity contribution in [2.45, 2.75) is 19.8 Å². The summed E-state index contributed by atoms with van der Waals surface area (Å²) in [7, 11) is 0. The zero-order valence-electron chi connectivity index (χ0n) is 12.5. The first-order valence-corrected chi connectivity index (χ1v) is 7.38. The number of rotatable bonds is 3. The Morgan fingerprint density at radius 1 is 1.23 bits per heavy atom. The maximum absolute atomic E-state index is 12.2. The van der Waals surface area contributed by atoms with Crippen molar-refractivity contribution in [3.05, 3.63) is 41.9 Å². The van der Waals surface area contributed by atoms with Crippen LogP contribution in [0.3, 0.4) is 0 Å². The Balaban J connectivity index is 1.78. The molecule has 0 atom stereocenters. The average Bonchev–Trinajstić information content (AvgIpc) is 3.04. The molecule has 0 unspecified atom stereocenters. The summed E-state index contributed by atoms with van der Waals surface area (Å²) in [5, 5.41) is 2.85. The number of nitrogen functional groups attached to an aromatic ring is 1. The van der Waals surface area contributed by atoms with Crippen LogP contribution < -0.4 is 16.0 Å². The SMILES string of the molecule is Cc1cc(N2CCCC2)ccc1NC(=O)c1nccnc1N. The Labute approximate surface area is 129 Å². The molecule has 2 aromatic rings. The van der Waals surface area contributed by atoms with Crippen molar-refractivity contribution >= 4 is 23.1 Å². The minimum Gasteiger partial charge on any atom is -0.382 e. The van der Waals surface area contributed by atoms with Crippen LogP contribution in [0.1, 0.15) is 28.9 Å². The second-order valence-corrected chi connectivity index (χ2v) is 5.44. The molecule has 0 saturated carbocycles. The van der Waals surface area contributed by atoms with Crippen LogP contribution in [0.5, 0.6) is 0 Å². The number of carbonyl (C=O) groups excluding carboxylic acids is 1. The van der Waals surface area contributed by atoms with E-state index in [1.54, 1.807) is 0 Å². The van der Waals surface area contributed by atoms with Gasteiger partial charge in [-0.1, -0.05) is 0 Å². The zero-order chi connectivity index (χ0) is 15.5. The van der Waals surface area contributed by atoms with Gasteiger partial charge in [-0.2, -0.15) is 0 Å². The van der Waals surface area contributed by atoms with Crippen molar-refractivity contribution < 1.29 is 4.79 Å². The van der Waals surface area contributed by atoms with Crippen LogP contribution >= 0.6 is 0 Å². The van der Waals surface area contributed by atoms with Crippen LogP contribution in [0.15, 0.2) is 30.6 Å². The number of nitrogens with zero attached hydrogens (tertiary/aromatic N) is 3. The number of hydrogen-bond acceptors (Lipinski definition) is 5. The fourth-order valence-corrected chi connectivity index (χ4v) is 2.67. The molecule has 1 fully saturated rings. The third-order valence-electron chi connectivity index (χ3n) is 3.87. The second-order valence-electron chi connectivity index (χ2n) is 5.44. The molecule has 1 aliphatic rings. The van der Waals surface area contributed by atoms with Gasteiger partial charge in [0.1, 0.15) is 0 Å². The summed E-state index contributed by atoms with van der Waals surface area (Å²) in [6.07, 6.45) is 5.39. The molecular weight excluding hydrogens is 278 g/mol. The molecule has 0 radical (unpaired) electrons. The molecule has 22 heavy (non-hydrogen) atoms. The predicted molar refractivity (Wildman–Crippen MR) is 87.0 cm³/mol. The van der Waals surface area contributed by atoms with E-state index in [4.69, 9.17) is 5.73 Å². The van der Waals surface area contributed by atoms with Gasteiger partial charge in [0.25, 0.3) is 5.91 Å².